The highest BCUT2D eigenvalue weighted by Gasteiger charge is 2.36. The largest absolute Gasteiger partial charge is 0.486 e. The third kappa shape index (κ3) is 9.08. The fourth-order valence-electron chi connectivity index (χ4n) is 7.95. The van der Waals surface area contributed by atoms with Crippen molar-refractivity contribution in [1.82, 2.24) is 24.6 Å². The summed E-state index contributed by atoms with van der Waals surface area (Å²) in [6, 6.07) is 10.6. The van der Waals surface area contributed by atoms with Crippen molar-refractivity contribution in [3.05, 3.63) is 70.7 Å². The average Bonchev–Trinajstić information content (AvgIpc) is 3.85. The molecule has 3 atom stereocenters. The van der Waals surface area contributed by atoms with Crippen LogP contribution in [0.25, 0.3) is 32.9 Å². The molecule has 1 amide bonds. The molecule has 1 aliphatic carbocycles. The molecule has 0 spiro atoms. The number of hydrogen-bond donors (Lipinski definition) is 0. The summed E-state index contributed by atoms with van der Waals surface area (Å²) >= 11 is 0. The molecule has 2 aliphatic heterocycles. The molecule has 61 heavy (non-hydrogen) atoms. The molecule has 3 aliphatic rings. The van der Waals surface area contributed by atoms with Gasteiger partial charge in [0.2, 0.25) is 5.88 Å². The van der Waals surface area contributed by atoms with Crippen LogP contribution in [0.5, 0.6) is 17.6 Å². The number of fused-ring (bicyclic) bond motifs is 2. The Balaban J connectivity index is 1.31. The van der Waals surface area contributed by atoms with E-state index in [0.29, 0.717) is 70.5 Å². The Morgan fingerprint density at radius 2 is 1.77 bits per heavy atom. The summed E-state index contributed by atoms with van der Waals surface area (Å²) in [6.45, 7) is 10.8. The number of carbonyl (C=O) groups is 2. The lowest BCUT2D eigenvalue weighted by Gasteiger charge is -2.25. The van der Waals surface area contributed by atoms with Crippen molar-refractivity contribution in [1.29, 1.82) is 0 Å². The normalized spacial score (nSPS) is 18.7. The van der Waals surface area contributed by atoms with Crippen LogP contribution in [0.3, 0.4) is 0 Å². The molecule has 324 valence electrons. The molecule has 0 bridgehead atoms. The smallest absolute Gasteiger partial charge is 0.410 e. The number of hydrogen-bond acceptors (Lipinski definition) is 12. The molecule has 3 aromatic carbocycles. The first-order valence-electron chi connectivity index (χ1n) is 21.1. The summed E-state index contributed by atoms with van der Waals surface area (Å²) in [5, 5.41) is 6.14. The Kier molecular flexibility index (Phi) is 12.1. The minimum atomic E-state index is -0.644. The van der Waals surface area contributed by atoms with E-state index in [0.717, 1.165) is 48.6 Å². The number of carbonyl (C=O) groups excluding carboxylic acids is 2. The number of benzene rings is 3. The molecule has 15 heteroatoms. The number of likely N-dealkylation sites (tertiary alicyclic amines) is 1. The maximum absolute atomic E-state index is 16.5. The van der Waals surface area contributed by atoms with Crippen molar-refractivity contribution < 1.29 is 47.1 Å². The standard InChI is InChI=1S/C46H54FN5O9/c1-26(55-6)24-59-44-49-40-33(42(50-44)60-31-17-18-51(23-31)45(54)61-46(3,4)5)20-32(29-15-16-29)39(41(40)58-25-28-11-13-30(14-12-28)43(53)56-7)38-27(2)35(47)21-36-34(38)22-48-52(36)37-10-8-9-19-57-37/h11-14,20-22,26,29,31,37H,8-10,15-19,23-25H2,1-7H3/t26-,31-,37?/m0/s1. The summed E-state index contributed by atoms with van der Waals surface area (Å²) in [4.78, 5) is 36.8. The van der Waals surface area contributed by atoms with E-state index in [9.17, 15) is 9.59 Å². The Morgan fingerprint density at radius 3 is 2.46 bits per heavy atom. The van der Waals surface area contributed by atoms with Gasteiger partial charge in [-0.15, -0.1) is 0 Å². The highest BCUT2D eigenvalue weighted by atomic mass is 19.1. The molecule has 2 saturated heterocycles. The van der Waals surface area contributed by atoms with Gasteiger partial charge in [0.05, 0.1) is 42.4 Å². The summed E-state index contributed by atoms with van der Waals surface area (Å²) in [5.74, 6) is -0.0296. The monoisotopic (exact) mass is 839 g/mol. The zero-order valence-electron chi connectivity index (χ0n) is 35.9. The molecule has 0 N–H and O–H groups in total. The summed E-state index contributed by atoms with van der Waals surface area (Å²) in [5.41, 5.74) is 4.29. The van der Waals surface area contributed by atoms with Crippen LogP contribution in [0, 0.1) is 12.7 Å². The van der Waals surface area contributed by atoms with Crippen LogP contribution in [-0.4, -0.2) is 95.0 Å². The molecule has 0 radical (unpaired) electrons. The number of amides is 1. The van der Waals surface area contributed by atoms with E-state index in [1.807, 2.05) is 33.8 Å². The van der Waals surface area contributed by atoms with Crippen LogP contribution in [0.2, 0.25) is 0 Å². The fourth-order valence-corrected chi connectivity index (χ4v) is 7.95. The highest BCUT2D eigenvalue weighted by Crippen LogP contribution is 2.53. The van der Waals surface area contributed by atoms with Crippen LogP contribution < -0.4 is 14.2 Å². The molecule has 5 aromatic rings. The maximum atomic E-state index is 16.5. The van der Waals surface area contributed by atoms with Crippen molar-refractivity contribution >= 4 is 33.9 Å². The molecular formula is C46H54FN5O9. The maximum Gasteiger partial charge on any atom is 0.410 e. The first kappa shape index (κ1) is 42.2. The second kappa shape index (κ2) is 17.4. The predicted octanol–water partition coefficient (Wildman–Crippen LogP) is 8.84. The molecule has 2 aromatic heterocycles. The van der Waals surface area contributed by atoms with Gasteiger partial charge < -0.3 is 38.1 Å². The molecule has 8 rings (SSSR count). The highest BCUT2D eigenvalue weighted by molar-refractivity contribution is 6.05. The van der Waals surface area contributed by atoms with Crippen molar-refractivity contribution in [3.63, 3.8) is 0 Å². The quantitative estimate of drug-likeness (QED) is 0.104. The van der Waals surface area contributed by atoms with Gasteiger partial charge in [-0.25, -0.2) is 18.7 Å². The van der Waals surface area contributed by atoms with Gasteiger partial charge in [0.15, 0.2) is 12.0 Å². The number of methoxy groups -OCH3 is 2. The second-order valence-corrected chi connectivity index (χ2v) is 17.1. The Hall–Kier alpha value is -5.54. The first-order chi connectivity index (χ1) is 29.3. The topological polar surface area (TPSA) is 146 Å². The number of aromatic nitrogens is 4. The number of esters is 1. The molecule has 4 heterocycles. The number of nitrogens with zero attached hydrogens (tertiary/aromatic N) is 5. The number of rotatable bonds is 13. The SMILES string of the molecule is COC(=O)c1ccc(COc2c(-c3c(C)c(F)cc4c3cnn4C3CCCCO3)c(C3CC3)cc3c(O[C@H]4CCN(C(=O)OC(C)(C)C)C4)nc(OC[C@H](C)OC)nc23)cc1. The fraction of sp³-hybridized carbons (Fsp3) is 0.500. The number of ether oxygens (including phenoxy) is 7. The summed E-state index contributed by atoms with van der Waals surface area (Å²) in [7, 11) is 2.94. The van der Waals surface area contributed by atoms with Gasteiger partial charge in [0.1, 0.15) is 36.3 Å². The lowest BCUT2D eigenvalue weighted by atomic mass is 9.88. The van der Waals surface area contributed by atoms with Crippen molar-refractivity contribution in [3.8, 4) is 28.8 Å². The second-order valence-electron chi connectivity index (χ2n) is 17.1. The first-order valence-corrected chi connectivity index (χ1v) is 21.1. The Morgan fingerprint density at radius 1 is 0.984 bits per heavy atom. The van der Waals surface area contributed by atoms with Gasteiger partial charge in [0, 0.05) is 49.3 Å². The lowest BCUT2D eigenvalue weighted by Crippen LogP contribution is -2.36. The van der Waals surface area contributed by atoms with Crippen LogP contribution in [-0.2, 0) is 25.6 Å². The van der Waals surface area contributed by atoms with Crippen molar-refractivity contribution in [2.24, 2.45) is 0 Å². The molecule has 1 unspecified atom stereocenters. The van der Waals surface area contributed by atoms with Gasteiger partial charge in [-0.1, -0.05) is 12.1 Å². The predicted molar refractivity (Wildman–Crippen MR) is 225 cm³/mol. The van der Waals surface area contributed by atoms with Crippen molar-refractivity contribution in [2.75, 3.05) is 40.5 Å². The van der Waals surface area contributed by atoms with Crippen LogP contribution in [0.4, 0.5) is 9.18 Å². The number of halogens is 1. The van der Waals surface area contributed by atoms with Gasteiger partial charge in [0.25, 0.3) is 0 Å². The third-order valence-electron chi connectivity index (χ3n) is 11.4. The van der Waals surface area contributed by atoms with E-state index >= 15 is 4.39 Å². The van der Waals surface area contributed by atoms with E-state index in [1.165, 1.54) is 7.11 Å². The van der Waals surface area contributed by atoms with E-state index in [1.54, 1.807) is 60.1 Å². The molecule has 3 fully saturated rings. The van der Waals surface area contributed by atoms with Gasteiger partial charge in [-0.05, 0) is 108 Å². The zero-order chi connectivity index (χ0) is 43.0. The Labute approximate surface area is 354 Å². The van der Waals surface area contributed by atoms with E-state index < -0.39 is 23.8 Å². The zero-order valence-corrected chi connectivity index (χ0v) is 35.9. The van der Waals surface area contributed by atoms with Crippen molar-refractivity contribution in [2.45, 2.75) is 110 Å². The van der Waals surface area contributed by atoms with Gasteiger partial charge in [-0.3, -0.25) is 0 Å². The van der Waals surface area contributed by atoms with Gasteiger partial charge >= 0.3 is 18.1 Å². The van der Waals surface area contributed by atoms with Gasteiger partial charge in [-0.2, -0.15) is 15.1 Å². The molecular weight excluding hydrogens is 786 g/mol. The third-order valence-corrected chi connectivity index (χ3v) is 11.4. The molecule has 1 saturated carbocycles. The summed E-state index contributed by atoms with van der Waals surface area (Å²) < 4.78 is 60.3. The average molecular weight is 840 g/mol. The minimum absolute atomic E-state index is 0.0363. The van der Waals surface area contributed by atoms with Crippen LogP contribution >= 0.6 is 0 Å². The van der Waals surface area contributed by atoms with E-state index in [2.05, 4.69) is 0 Å². The minimum Gasteiger partial charge on any atom is -0.486 e. The summed E-state index contributed by atoms with van der Waals surface area (Å²) in [6.07, 6.45) is 5.50. The Bertz CT molecular complexity index is 2420. The molecule has 14 nitrogen and oxygen atoms in total. The lowest BCUT2D eigenvalue weighted by molar-refractivity contribution is -0.0366. The van der Waals surface area contributed by atoms with E-state index in [-0.39, 0.29) is 49.2 Å². The van der Waals surface area contributed by atoms with Crippen LogP contribution in [0.1, 0.15) is 105 Å². The van der Waals surface area contributed by atoms with E-state index in [4.69, 9.17) is 48.2 Å². The van der Waals surface area contributed by atoms with Crippen LogP contribution in [0.15, 0.2) is 42.6 Å².